The number of para-hydroxylation sites is 1. The smallest absolute Gasteiger partial charge is 0.263 e. The fourth-order valence-electron chi connectivity index (χ4n) is 4.28. The monoisotopic (exact) mass is 432 g/mol. The molecule has 164 valence electrons. The molecule has 0 saturated heterocycles. The van der Waals surface area contributed by atoms with E-state index in [4.69, 9.17) is 0 Å². The van der Waals surface area contributed by atoms with Crippen molar-refractivity contribution in [1.29, 1.82) is 0 Å². The number of carbonyl (C=O) groups is 2. The van der Waals surface area contributed by atoms with Gasteiger partial charge in [-0.15, -0.1) is 0 Å². The molecule has 0 aliphatic heterocycles. The summed E-state index contributed by atoms with van der Waals surface area (Å²) < 4.78 is 14.1. The number of rotatable bonds is 6. The third-order valence-corrected chi connectivity index (χ3v) is 6.36. The van der Waals surface area contributed by atoms with E-state index in [1.165, 1.54) is 0 Å². The van der Waals surface area contributed by atoms with Gasteiger partial charge in [-0.05, 0) is 56.4 Å². The van der Waals surface area contributed by atoms with Gasteiger partial charge in [0.1, 0.15) is 5.82 Å². The molecule has 3 N–H and O–H groups in total. The average Bonchev–Trinajstić information content (AvgIpc) is 3.46. The zero-order valence-electron chi connectivity index (χ0n) is 17.9. The van der Waals surface area contributed by atoms with E-state index < -0.39 is 11.6 Å². The Labute approximate surface area is 185 Å². The zero-order valence-corrected chi connectivity index (χ0v) is 17.9. The van der Waals surface area contributed by atoms with Gasteiger partial charge in [-0.2, -0.15) is 0 Å². The quantitative estimate of drug-likeness (QED) is 0.486. The second-order valence-corrected chi connectivity index (χ2v) is 8.58. The van der Waals surface area contributed by atoms with E-state index in [-0.39, 0.29) is 30.4 Å². The number of pyridine rings is 1. The number of hydrogen-bond acceptors (Lipinski definition) is 4. The number of alkyl halides is 1. The zero-order chi connectivity index (χ0) is 22.3. The Morgan fingerprint density at radius 2 is 2.03 bits per heavy atom. The lowest BCUT2D eigenvalue weighted by Gasteiger charge is -2.20. The number of aromatic nitrogens is 2. The maximum absolute atomic E-state index is 14.1. The van der Waals surface area contributed by atoms with Crippen LogP contribution in [-0.2, 0) is 11.2 Å². The Morgan fingerprint density at radius 3 is 2.75 bits per heavy atom. The number of aryl methyl sites for hydroxylation is 1. The van der Waals surface area contributed by atoms with Gasteiger partial charge in [0.05, 0.1) is 16.9 Å². The number of H-pyrrole nitrogens is 1. The molecule has 2 heterocycles. The Balaban J connectivity index is 1.56. The van der Waals surface area contributed by atoms with Gasteiger partial charge in [-0.3, -0.25) is 9.59 Å². The summed E-state index contributed by atoms with van der Waals surface area (Å²) in [6, 6.07) is 13.2. The van der Waals surface area contributed by atoms with Crippen molar-refractivity contribution in [3.05, 3.63) is 59.9 Å². The number of ketones is 1. The first-order valence-corrected chi connectivity index (χ1v) is 11.1. The Hall–Kier alpha value is -3.48. The minimum Gasteiger partial charge on any atom is -0.356 e. The molecule has 32 heavy (non-hydrogen) atoms. The molecular weight excluding hydrogens is 407 g/mol. The summed E-state index contributed by atoms with van der Waals surface area (Å²) in [5, 5.41) is 6.01. The van der Waals surface area contributed by atoms with E-state index in [2.05, 4.69) is 20.6 Å². The topological polar surface area (TPSA) is 86.9 Å². The molecule has 0 unspecified atom stereocenters. The third kappa shape index (κ3) is 3.68. The molecule has 1 aromatic carbocycles. The lowest BCUT2D eigenvalue weighted by atomic mass is 9.84. The number of aromatic amines is 1. The van der Waals surface area contributed by atoms with E-state index >= 15 is 0 Å². The molecular formula is C25H25FN4O2. The van der Waals surface area contributed by atoms with Crippen LogP contribution in [0.4, 0.5) is 21.6 Å². The van der Waals surface area contributed by atoms with Crippen LogP contribution in [0.3, 0.4) is 0 Å². The van der Waals surface area contributed by atoms with Crippen molar-refractivity contribution in [3.8, 4) is 11.3 Å². The molecule has 1 saturated carbocycles. The summed E-state index contributed by atoms with van der Waals surface area (Å²) in [6.07, 6.45) is 4.48. The van der Waals surface area contributed by atoms with Crippen LogP contribution in [0.1, 0.15) is 48.7 Å². The van der Waals surface area contributed by atoms with Gasteiger partial charge >= 0.3 is 0 Å². The summed E-state index contributed by atoms with van der Waals surface area (Å²) in [7, 11) is 0. The van der Waals surface area contributed by atoms with Crippen LogP contribution in [0, 0.1) is 5.92 Å². The molecule has 2 aliphatic carbocycles. The van der Waals surface area contributed by atoms with Gasteiger partial charge in [0.25, 0.3) is 5.91 Å². The van der Waals surface area contributed by atoms with Gasteiger partial charge < -0.3 is 15.6 Å². The Bertz CT molecular complexity index is 1180. The number of fused-ring (bicyclic) bond motifs is 1. The molecule has 0 radical (unpaired) electrons. The predicted octanol–water partition coefficient (Wildman–Crippen LogP) is 5.42. The lowest BCUT2D eigenvalue weighted by Crippen LogP contribution is -2.25. The molecule has 1 amide bonds. The number of amides is 1. The molecule has 1 atom stereocenters. The number of nitrogens with zero attached hydrogens (tertiary/aromatic N) is 1. The number of halogens is 1. The van der Waals surface area contributed by atoms with Gasteiger partial charge in [0, 0.05) is 29.1 Å². The highest BCUT2D eigenvalue weighted by molar-refractivity contribution is 6.08. The maximum atomic E-state index is 14.1. The molecule has 1 fully saturated rings. The summed E-state index contributed by atoms with van der Waals surface area (Å²) in [5.74, 6) is -0.219. The second-order valence-electron chi connectivity index (χ2n) is 8.58. The van der Waals surface area contributed by atoms with Crippen molar-refractivity contribution in [3.63, 3.8) is 0 Å². The fourth-order valence-corrected chi connectivity index (χ4v) is 4.28. The summed E-state index contributed by atoms with van der Waals surface area (Å²) in [5.41, 5.74) is 2.95. The van der Waals surface area contributed by atoms with E-state index in [0.29, 0.717) is 5.56 Å². The number of carbonyl (C=O) groups excluding carboxylic acids is 2. The number of anilines is 3. The number of hydrogen-bond donors (Lipinski definition) is 3. The summed E-state index contributed by atoms with van der Waals surface area (Å²) in [6.45, 7) is 2.04. The maximum Gasteiger partial charge on any atom is 0.263 e. The number of nitrogens with one attached hydrogen (secondary N) is 3. The summed E-state index contributed by atoms with van der Waals surface area (Å²) in [4.78, 5) is 33.0. The van der Waals surface area contributed by atoms with E-state index in [9.17, 15) is 14.0 Å². The second kappa shape index (κ2) is 7.89. The van der Waals surface area contributed by atoms with Gasteiger partial charge in [-0.1, -0.05) is 25.1 Å². The molecule has 0 bridgehead atoms. The number of Topliss-reactive ketones (excluding diaryl/α,β-unsaturated/α-hetero) is 1. The molecule has 6 nitrogen and oxygen atoms in total. The van der Waals surface area contributed by atoms with Crippen LogP contribution in [0.25, 0.3) is 11.3 Å². The van der Waals surface area contributed by atoms with E-state index in [1.54, 1.807) is 12.3 Å². The minimum absolute atomic E-state index is 0.00838. The van der Waals surface area contributed by atoms with Crippen LogP contribution >= 0.6 is 0 Å². The van der Waals surface area contributed by atoms with Crippen LogP contribution in [-0.4, -0.2) is 27.3 Å². The third-order valence-electron chi connectivity index (χ3n) is 6.36. The van der Waals surface area contributed by atoms with Gasteiger partial charge in [0.15, 0.2) is 11.5 Å². The highest BCUT2D eigenvalue weighted by Gasteiger charge is 2.51. The molecule has 7 heteroatoms. The van der Waals surface area contributed by atoms with Crippen LogP contribution in [0.2, 0.25) is 0 Å². The first kappa shape index (κ1) is 20.4. The standard InChI is InChI=1S/C25H25FN4O2/c1-2-15-8-9-18-20(23(15)31)22(28-17-6-4-3-5-7-17)21(29-18)16-10-13-27-19(14-16)30-24(32)25(26)11-12-25/h3-7,10,13-15,28-29H,2,8-9,11-12H2,1H3,(H,27,30,32)/t15-/m0/s1. The van der Waals surface area contributed by atoms with Crippen molar-refractivity contribution in [1.82, 2.24) is 9.97 Å². The van der Waals surface area contributed by atoms with Crippen molar-refractivity contribution >= 4 is 28.9 Å². The normalized spacial score (nSPS) is 18.7. The minimum atomic E-state index is -1.77. The highest BCUT2D eigenvalue weighted by atomic mass is 19.1. The predicted molar refractivity (Wildman–Crippen MR) is 122 cm³/mol. The lowest BCUT2D eigenvalue weighted by molar-refractivity contribution is -0.122. The first-order chi connectivity index (χ1) is 15.5. The van der Waals surface area contributed by atoms with Crippen molar-refractivity contribution < 1.29 is 14.0 Å². The van der Waals surface area contributed by atoms with Crippen molar-refractivity contribution in [2.24, 2.45) is 5.92 Å². The molecule has 0 spiro atoms. The first-order valence-electron chi connectivity index (χ1n) is 11.1. The largest absolute Gasteiger partial charge is 0.356 e. The van der Waals surface area contributed by atoms with Crippen LogP contribution in [0.15, 0.2) is 48.7 Å². The number of benzene rings is 1. The van der Waals surface area contributed by atoms with Crippen molar-refractivity contribution in [2.45, 2.75) is 44.7 Å². The Morgan fingerprint density at radius 1 is 1.25 bits per heavy atom. The molecule has 5 rings (SSSR count). The van der Waals surface area contributed by atoms with Crippen LogP contribution in [0.5, 0.6) is 0 Å². The SMILES string of the molecule is CC[C@H]1CCc2[nH]c(-c3ccnc(NC(=O)C4(F)CC4)c3)c(Nc3ccccc3)c2C1=O. The molecule has 2 aliphatic rings. The highest BCUT2D eigenvalue weighted by Crippen LogP contribution is 2.42. The molecule has 3 aromatic rings. The van der Waals surface area contributed by atoms with E-state index in [1.807, 2.05) is 43.3 Å². The average molecular weight is 432 g/mol. The van der Waals surface area contributed by atoms with Gasteiger partial charge in [-0.25, -0.2) is 9.37 Å². The Kier molecular flexibility index (Phi) is 5.04. The van der Waals surface area contributed by atoms with Crippen molar-refractivity contribution in [2.75, 3.05) is 10.6 Å². The fraction of sp³-hybridized carbons (Fsp3) is 0.320. The van der Waals surface area contributed by atoms with E-state index in [0.717, 1.165) is 47.6 Å². The summed E-state index contributed by atoms with van der Waals surface area (Å²) >= 11 is 0. The molecule has 2 aromatic heterocycles. The van der Waals surface area contributed by atoms with Gasteiger partial charge in [0.2, 0.25) is 0 Å². The van der Waals surface area contributed by atoms with Crippen LogP contribution < -0.4 is 10.6 Å².